The van der Waals surface area contributed by atoms with E-state index < -0.39 is 0 Å². The molecule has 1 aliphatic heterocycles. The van der Waals surface area contributed by atoms with Crippen molar-refractivity contribution in [3.8, 4) is 0 Å². The van der Waals surface area contributed by atoms with Gasteiger partial charge in [-0.05, 0) is 51.1 Å². The second-order valence-corrected chi connectivity index (χ2v) is 6.65. The van der Waals surface area contributed by atoms with Crippen LogP contribution in [-0.4, -0.2) is 37.6 Å². The smallest absolute Gasteiger partial charge is 0.00954 e. The summed E-state index contributed by atoms with van der Waals surface area (Å²) in [4.78, 5) is 2.84. The van der Waals surface area contributed by atoms with Crippen LogP contribution in [0.3, 0.4) is 0 Å². The summed E-state index contributed by atoms with van der Waals surface area (Å²) in [5, 5.41) is 3.46. The fraction of sp³-hybridized carbons (Fsp3) is 1.00. The van der Waals surface area contributed by atoms with E-state index in [4.69, 9.17) is 0 Å². The molecule has 1 saturated carbocycles. The van der Waals surface area contributed by atoms with Gasteiger partial charge in [-0.15, -0.1) is 0 Å². The molecule has 2 fully saturated rings. The van der Waals surface area contributed by atoms with Gasteiger partial charge in [0, 0.05) is 19.1 Å². The summed E-state index contributed by atoms with van der Waals surface area (Å²) in [6, 6.07) is 0.887. The SMILES string of the molecule is CCCC1CCCCN1CC1(CNC)CCCC1. The standard InChI is InChI=1S/C16H32N2/c1-3-8-15-9-4-7-12-18(15)14-16(13-17-2)10-5-6-11-16/h15,17H,3-14H2,1-2H3. The highest BCUT2D eigenvalue weighted by Crippen LogP contribution is 2.39. The fourth-order valence-electron chi connectivity index (χ4n) is 4.25. The molecule has 0 aromatic carbocycles. The van der Waals surface area contributed by atoms with E-state index in [-0.39, 0.29) is 0 Å². The summed E-state index contributed by atoms with van der Waals surface area (Å²) in [5.74, 6) is 0. The normalized spacial score (nSPS) is 28.7. The Hall–Kier alpha value is -0.0800. The lowest BCUT2D eigenvalue weighted by atomic mass is 9.83. The first-order valence-corrected chi connectivity index (χ1v) is 8.18. The number of nitrogens with zero attached hydrogens (tertiary/aromatic N) is 1. The van der Waals surface area contributed by atoms with Gasteiger partial charge in [0.05, 0.1) is 0 Å². The van der Waals surface area contributed by atoms with E-state index >= 15 is 0 Å². The maximum Gasteiger partial charge on any atom is 0.00954 e. The lowest BCUT2D eigenvalue weighted by molar-refractivity contribution is 0.0772. The van der Waals surface area contributed by atoms with Gasteiger partial charge in [0.25, 0.3) is 0 Å². The highest BCUT2D eigenvalue weighted by molar-refractivity contribution is 4.91. The number of nitrogens with one attached hydrogen (secondary N) is 1. The molecule has 2 nitrogen and oxygen atoms in total. The third kappa shape index (κ3) is 3.48. The van der Waals surface area contributed by atoms with Gasteiger partial charge < -0.3 is 5.32 Å². The van der Waals surface area contributed by atoms with Gasteiger partial charge in [-0.1, -0.05) is 32.6 Å². The molecule has 1 heterocycles. The van der Waals surface area contributed by atoms with E-state index in [2.05, 4.69) is 24.2 Å². The molecule has 0 aromatic heterocycles. The Bertz CT molecular complexity index is 231. The zero-order valence-electron chi connectivity index (χ0n) is 12.5. The lowest BCUT2D eigenvalue weighted by Gasteiger charge is -2.42. The highest BCUT2D eigenvalue weighted by atomic mass is 15.2. The molecule has 0 amide bonds. The summed E-state index contributed by atoms with van der Waals surface area (Å²) in [6.45, 7) is 6.28. The minimum absolute atomic E-state index is 0.595. The molecule has 1 unspecified atom stereocenters. The van der Waals surface area contributed by atoms with Crippen molar-refractivity contribution in [3.05, 3.63) is 0 Å². The molecule has 2 aliphatic rings. The summed E-state index contributed by atoms with van der Waals surface area (Å²) in [7, 11) is 2.12. The van der Waals surface area contributed by atoms with Crippen molar-refractivity contribution in [3.63, 3.8) is 0 Å². The second-order valence-electron chi connectivity index (χ2n) is 6.65. The molecule has 2 rings (SSSR count). The predicted octanol–water partition coefficient (Wildman–Crippen LogP) is 3.42. The van der Waals surface area contributed by atoms with Crippen LogP contribution in [0.1, 0.15) is 64.7 Å². The molecule has 106 valence electrons. The summed E-state index contributed by atoms with van der Waals surface area (Å²) in [6.07, 6.45) is 12.9. The Morgan fingerprint density at radius 1 is 1.17 bits per heavy atom. The van der Waals surface area contributed by atoms with Crippen LogP contribution >= 0.6 is 0 Å². The molecule has 0 aromatic rings. The topological polar surface area (TPSA) is 15.3 Å². The van der Waals surface area contributed by atoms with Crippen LogP contribution in [0.25, 0.3) is 0 Å². The second kappa shape index (κ2) is 6.91. The molecule has 0 radical (unpaired) electrons. The number of hydrogen-bond donors (Lipinski definition) is 1. The maximum atomic E-state index is 3.46. The van der Waals surface area contributed by atoms with Gasteiger partial charge in [0.2, 0.25) is 0 Å². The molecule has 1 aliphatic carbocycles. The third-order valence-electron chi connectivity index (χ3n) is 5.13. The fourth-order valence-corrected chi connectivity index (χ4v) is 4.25. The van der Waals surface area contributed by atoms with Crippen LogP contribution in [0, 0.1) is 5.41 Å². The van der Waals surface area contributed by atoms with Crippen LogP contribution in [0.15, 0.2) is 0 Å². The predicted molar refractivity (Wildman–Crippen MR) is 78.9 cm³/mol. The average Bonchev–Trinajstić information content (AvgIpc) is 2.81. The Morgan fingerprint density at radius 3 is 2.61 bits per heavy atom. The first-order chi connectivity index (χ1) is 8.79. The van der Waals surface area contributed by atoms with Crippen LogP contribution < -0.4 is 5.32 Å². The minimum atomic E-state index is 0.595. The van der Waals surface area contributed by atoms with Gasteiger partial charge >= 0.3 is 0 Å². The van der Waals surface area contributed by atoms with Crippen molar-refractivity contribution in [1.29, 1.82) is 0 Å². The Balaban J connectivity index is 1.95. The quantitative estimate of drug-likeness (QED) is 0.779. The van der Waals surface area contributed by atoms with Crippen molar-refractivity contribution in [2.24, 2.45) is 5.41 Å². The van der Waals surface area contributed by atoms with E-state index in [1.165, 1.54) is 77.4 Å². The molecule has 18 heavy (non-hydrogen) atoms. The lowest BCUT2D eigenvalue weighted by Crippen LogP contribution is -2.48. The summed E-state index contributed by atoms with van der Waals surface area (Å²) >= 11 is 0. The van der Waals surface area contributed by atoms with E-state index in [1.54, 1.807) is 0 Å². The third-order valence-corrected chi connectivity index (χ3v) is 5.13. The molecular weight excluding hydrogens is 220 g/mol. The monoisotopic (exact) mass is 252 g/mol. The van der Waals surface area contributed by atoms with Gasteiger partial charge in [0.1, 0.15) is 0 Å². The van der Waals surface area contributed by atoms with E-state index in [0.29, 0.717) is 5.41 Å². The van der Waals surface area contributed by atoms with Crippen molar-refractivity contribution in [2.45, 2.75) is 70.8 Å². The zero-order chi connectivity index (χ0) is 12.8. The number of hydrogen-bond acceptors (Lipinski definition) is 2. The van der Waals surface area contributed by atoms with Gasteiger partial charge in [-0.3, -0.25) is 4.90 Å². The van der Waals surface area contributed by atoms with Crippen molar-refractivity contribution in [1.82, 2.24) is 10.2 Å². The summed E-state index contributed by atoms with van der Waals surface area (Å²) < 4.78 is 0. The van der Waals surface area contributed by atoms with Crippen LogP contribution in [-0.2, 0) is 0 Å². The summed E-state index contributed by atoms with van der Waals surface area (Å²) in [5.41, 5.74) is 0.595. The van der Waals surface area contributed by atoms with E-state index in [0.717, 1.165) is 6.04 Å². The first kappa shape index (κ1) is 14.3. The van der Waals surface area contributed by atoms with Gasteiger partial charge in [0.15, 0.2) is 0 Å². The molecular formula is C16H32N2. The molecule has 2 heteroatoms. The molecule has 1 N–H and O–H groups in total. The molecule has 1 saturated heterocycles. The Morgan fingerprint density at radius 2 is 1.94 bits per heavy atom. The van der Waals surface area contributed by atoms with Crippen molar-refractivity contribution >= 4 is 0 Å². The number of likely N-dealkylation sites (tertiary alicyclic amines) is 1. The van der Waals surface area contributed by atoms with E-state index in [1.807, 2.05) is 0 Å². The molecule has 0 spiro atoms. The Kier molecular flexibility index (Phi) is 5.50. The van der Waals surface area contributed by atoms with Crippen LogP contribution in [0.4, 0.5) is 0 Å². The highest BCUT2D eigenvalue weighted by Gasteiger charge is 2.36. The minimum Gasteiger partial charge on any atom is -0.319 e. The molecule has 1 atom stereocenters. The largest absolute Gasteiger partial charge is 0.319 e. The van der Waals surface area contributed by atoms with E-state index in [9.17, 15) is 0 Å². The number of piperidine rings is 1. The average molecular weight is 252 g/mol. The number of rotatable bonds is 6. The van der Waals surface area contributed by atoms with Crippen molar-refractivity contribution in [2.75, 3.05) is 26.7 Å². The van der Waals surface area contributed by atoms with Gasteiger partial charge in [-0.25, -0.2) is 0 Å². The maximum absolute atomic E-state index is 3.46. The van der Waals surface area contributed by atoms with Crippen LogP contribution in [0.5, 0.6) is 0 Å². The zero-order valence-corrected chi connectivity index (χ0v) is 12.5. The van der Waals surface area contributed by atoms with Crippen molar-refractivity contribution < 1.29 is 0 Å². The van der Waals surface area contributed by atoms with Crippen LogP contribution in [0.2, 0.25) is 0 Å². The van der Waals surface area contributed by atoms with Gasteiger partial charge in [-0.2, -0.15) is 0 Å². The molecule has 0 bridgehead atoms. The first-order valence-electron chi connectivity index (χ1n) is 8.18. The Labute approximate surface area is 114 Å².